The summed E-state index contributed by atoms with van der Waals surface area (Å²) in [5.74, 6) is 0.259. The quantitative estimate of drug-likeness (QED) is 0.712. The number of hydrogen-bond acceptors (Lipinski definition) is 4. The van der Waals surface area contributed by atoms with Gasteiger partial charge < -0.3 is 9.80 Å². The molecule has 7 heteroatoms. The van der Waals surface area contributed by atoms with E-state index in [9.17, 15) is 19.2 Å². The first-order valence-corrected chi connectivity index (χ1v) is 12.0. The van der Waals surface area contributed by atoms with Gasteiger partial charge in [-0.05, 0) is 62.1 Å². The summed E-state index contributed by atoms with van der Waals surface area (Å²) in [6.07, 6.45) is 5.58. The Bertz CT molecular complexity index is 1000. The summed E-state index contributed by atoms with van der Waals surface area (Å²) in [5, 5.41) is 9.43. The normalized spacial score (nSPS) is 35.4. The van der Waals surface area contributed by atoms with Crippen LogP contribution in [-0.4, -0.2) is 63.8 Å². The van der Waals surface area contributed by atoms with Gasteiger partial charge in [-0.2, -0.15) is 5.26 Å². The topological polar surface area (TPSA) is 67.7 Å². The second-order valence-corrected chi connectivity index (χ2v) is 10.5. The van der Waals surface area contributed by atoms with Crippen LogP contribution in [-0.2, 0) is 15.1 Å². The number of carbonyl (C=O) groups excluding carboxylic acids is 2. The molecule has 1 aromatic carbocycles. The van der Waals surface area contributed by atoms with Crippen LogP contribution in [0.2, 0.25) is 0 Å². The summed E-state index contributed by atoms with van der Waals surface area (Å²) < 4.78 is 13.5. The third-order valence-electron chi connectivity index (χ3n) is 8.73. The van der Waals surface area contributed by atoms with Gasteiger partial charge in [0.1, 0.15) is 11.9 Å². The number of nitriles is 1. The van der Waals surface area contributed by atoms with E-state index in [1.807, 2.05) is 24.0 Å². The number of halogens is 1. The number of piperazine rings is 1. The summed E-state index contributed by atoms with van der Waals surface area (Å²) in [7, 11) is 0. The van der Waals surface area contributed by atoms with Crippen molar-refractivity contribution < 1.29 is 14.0 Å². The van der Waals surface area contributed by atoms with E-state index in [4.69, 9.17) is 0 Å². The SMILES string of the molecule is C[C@@H](CN1C[C@H]2C[C@@H]1C(=O)N2C1(c2ccc(F)cc2)CCC1)C(=O)N1C2C[C@H]2C[C@H]1C#N. The average Bonchev–Trinajstić information content (AvgIpc) is 3.09. The lowest BCUT2D eigenvalue weighted by atomic mass is 9.70. The van der Waals surface area contributed by atoms with Gasteiger partial charge in [0.15, 0.2) is 0 Å². The van der Waals surface area contributed by atoms with Gasteiger partial charge in [0.25, 0.3) is 0 Å². The summed E-state index contributed by atoms with van der Waals surface area (Å²) >= 11 is 0. The Kier molecular flexibility index (Phi) is 4.42. The first-order chi connectivity index (χ1) is 15.4. The average molecular weight is 437 g/mol. The van der Waals surface area contributed by atoms with Crippen molar-refractivity contribution >= 4 is 11.8 Å². The van der Waals surface area contributed by atoms with Crippen molar-refractivity contribution in [2.24, 2.45) is 11.8 Å². The van der Waals surface area contributed by atoms with Gasteiger partial charge in [-0.25, -0.2) is 4.39 Å². The first kappa shape index (κ1) is 20.2. The van der Waals surface area contributed by atoms with E-state index >= 15 is 0 Å². The molecule has 0 spiro atoms. The molecule has 2 bridgehead atoms. The molecule has 3 aliphatic heterocycles. The highest BCUT2D eigenvalue weighted by atomic mass is 19.1. The highest BCUT2D eigenvalue weighted by Crippen LogP contribution is 2.52. The number of amides is 2. The van der Waals surface area contributed by atoms with Crippen molar-refractivity contribution in [1.29, 1.82) is 5.26 Å². The number of nitrogens with zero attached hydrogens (tertiary/aromatic N) is 4. The Morgan fingerprint density at radius 2 is 2.00 bits per heavy atom. The van der Waals surface area contributed by atoms with Crippen LogP contribution in [0.15, 0.2) is 24.3 Å². The van der Waals surface area contributed by atoms with Crippen LogP contribution in [0.4, 0.5) is 4.39 Å². The maximum absolute atomic E-state index is 13.5. The lowest BCUT2D eigenvalue weighted by Gasteiger charge is -2.53. The molecule has 32 heavy (non-hydrogen) atoms. The van der Waals surface area contributed by atoms with Crippen molar-refractivity contribution in [3.63, 3.8) is 0 Å². The van der Waals surface area contributed by atoms with Crippen molar-refractivity contribution in [2.75, 3.05) is 13.1 Å². The Hall–Kier alpha value is -2.46. The molecule has 2 amide bonds. The maximum atomic E-state index is 13.5. The minimum absolute atomic E-state index is 0.0652. The summed E-state index contributed by atoms with van der Waals surface area (Å²) in [5.41, 5.74) is 0.741. The van der Waals surface area contributed by atoms with E-state index in [1.165, 1.54) is 12.1 Å². The van der Waals surface area contributed by atoms with Crippen molar-refractivity contribution in [2.45, 2.75) is 75.2 Å². The number of hydrogen-bond donors (Lipinski definition) is 0. The Balaban J connectivity index is 1.15. The van der Waals surface area contributed by atoms with Crippen LogP contribution in [0.25, 0.3) is 0 Å². The summed E-state index contributed by atoms with van der Waals surface area (Å²) in [6.45, 7) is 3.28. The number of carbonyl (C=O) groups is 2. The molecule has 2 aliphatic carbocycles. The first-order valence-electron chi connectivity index (χ1n) is 12.0. The minimum atomic E-state index is -0.297. The number of rotatable bonds is 5. The standard InChI is InChI=1S/C25H29FN4O2/c1-15(23(31)29-19(12-27)9-16-10-21(16)29)13-28-14-20-11-22(28)24(32)30(20)25(7-2-8-25)17-3-5-18(26)6-4-17/h3-6,15-16,19-22H,2,7-11,13-14H2,1H3/t15-,16+,19-,20+,21?,22+/m0/s1. The Morgan fingerprint density at radius 3 is 2.62 bits per heavy atom. The van der Waals surface area contributed by atoms with Crippen molar-refractivity contribution in [1.82, 2.24) is 14.7 Å². The fourth-order valence-corrected chi connectivity index (χ4v) is 6.94. The number of likely N-dealkylation sites (tertiary alicyclic amines) is 3. The van der Waals surface area contributed by atoms with Gasteiger partial charge >= 0.3 is 0 Å². The highest BCUT2D eigenvalue weighted by molar-refractivity contribution is 5.87. The molecule has 6 rings (SSSR count). The second-order valence-electron chi connectivity index (χ2n) is 10.5. The largest absolute Gasteiger partial charge is 0.327 e. The van der Waals surface area contributed by atoms with Crippen LogP contribution in [0.5, 0.6) is 0 Å². The molecule has 2 saturated carbocycles. The van der Waals surface area contributed by atoms with E-state index in [0.717, 1.165) is 50.6 Å². The van der Waals surface area contributed by atoms with Gasteiger partial charge in [-0.15, -0.1) is 0 Å². The Morgan fingerprint density at radius 1 is 1.25 bits per heavy atom. The Labute approximate surface area is 187 Å². The van der Waals surface area contributed by atoms with Crippen LogP contribution < -0.4 is 0 Å². The van der Waals surface area contributed by atoms with E-state index in [-0.39, 0.29) is 53.3 Å². The number of fused-ring (bicyclic) bond motifs is 3. The second kappa shape index (κ2) is 7.02. The van der Waals surface area contributed by atoms with Crippen LogP contribution in [0.3, 0.4) is 0 Å². The molecule has 0 radical (unpaired) electrons. The van der Waals surface area contributed by atoms with Crippen molar-refractivity contribution in [3.8, 4) is 6.07 Å². The molecule has 1 unspecified atom stereocenters. The molecule has 5 aliphatic rings. The fourth-order valence-electron chi connectivity index (χ4n) is 6.94. The smallest absolute Gasteiger partial charge is 0.241 e. The van der Waals surface area contributed by atoms with E-state index in [2.05, 4.69) is 15.9 Å². The molecule has 3 saturated heterocycles. The molecular formula is C25H29FN4O2. The molecule has 1 aromatic rings. The zero-order valence-electron chi connectivity index (χ0n) is 18.4. The third-order valence-corrected chi connectivity index (χ3v) is 8.73. The molecule has 3 heterocycles. The van der Waals surface area contributed by atoms with Gasteiger partial charge in [0, 0.05) is 31.1 Å². The van der Waals surface area contributed by atoms with Crippen LogP contribution in [0, 0.1) is 29.0 Å². The minimum Gasteiger partial charge on any atom is -0.327 e. The summed E-state index contributed by atoms with van der Waals surface area (Å²) in [4.78, 5) is 32.7. The maximum Gasteiger partial charge on any atom is 0.241 e. The molecule has 5 fully saturated rings. The monoisotopic (exact) mass is 436 g/mol. The molecule has 168 valence electrons. The van der Waals surface area contributed by atoms with Gasteiger partial charge in [-0.3, -0.25) is 14.5 Å². The van der Waals surface area contributed by atoms with E-state index in [1.54, 1.807) is 0 Å². The molecule has 6 nitrogen and oxygen atoms in total. The lowest BCUT2D eigenvalue weighted by molar-refractivity contribution is -0.151. The number of piperidine rings is 1. The number of benzene rings is 1. The van der Waals surface area contributed by atoms with Crippen LogP contribution in [0.1, 0.15) is 51.0 Å². The zero-order valence-corrected chi connectivity index (χ0v) is 18.4. The predicted octanol–water partition coefficient (Wildman–Crippen LogP) is 2.64. The van der Waals surface area contributed by atoms with E-state index < -0.39 is 0 Å². The molecule has 0 N–H and O–H groups in total. The third kappa shape index (κ3) is 2.78. The van der Waals surface area contributed by atoms with Gasteiger partial charge in [-0.1, -0.05) is 19.1 Å². The van der Waals surface area contributed by atoms with Crippen LogP contribution >= 0.6 is 0 Å². The van der Waals surface area contributed by atoms with E-state index in [0.29, 0.717) is 12.5 Å². The molecule has 6 atom stereocenters. The summed E-state index contributed by atoms with van der Waals surface area (Å²) in [6, 6.07) is 8.90. The lowest BCUT2D eigenvalue weighted by Crippen LogP contribution is -2.61. The zero-order chi connectivity index (χ0) is 22.2. The van der Waals surface area contributed by atoms with Gasteiger partial charge in [0.05, 0.1) is 17.6 Å². The predicted molar refractivity (Wildman–Crippen MR) is 114 cm³/mol. The highest BCUT2D eigenvalue weighted by Gasteiger charge is 2.59. The fraction of sp³-hybridized carbons (Fsp3) is 0.640. The van der Waals surface area contributed by atoms with Gasteiger partial charge in [0.2, 0.25) is 11.8 Å². The molecular weight excluding hydrogens is 407 g/mol. The van der Waals surface area contributed by atoms with Crippen molar-refractivity contribution in [3.05, 3.63) is 35.6 Å². The molecule has 0 aromatic heterocycles.